The molecular formula is C26H26N4O4S. The molecule has 3 aromatic rings. The predicted molar refractivity (Wildman–Crippen MR) is 134 cm³/mol. The zero-order valence-corrected chi connectivity index (χ0v) is 20.7. The maximum absolute atomic E-state index is 13.3. The van der Waals surface area contributed by atoms with E-state index in [2.05, 4.69) is 15.6 Å². The number of hydrogen-bond donors (Lipinski definition) is 2. The van der Waals surface area contributed by atoms with Crippen molar-refractivity contribution in [2.24, 2.45) is 0 Å². The SMILES string of the molecule is Cc1cc(Oc2ccccc2)ccc1N1C(=O)NC2c3c1ccnc3SC2NC(=O)OC(C)(C)C. The number of urea groups is 1. The first kappa shape index (κ1) is 23.0. The smallest absolute Gasteiger partial charge is 0.408 e. The minimum atomic E-state index is -0.621. The highest BCUT2D eigenvalue weighted by Crippen LogP contribution is 2.50. The van der Waals surface area contributed by atoms with Crippen molar-refractivity contribution >= 4 is 35.3 Å². The van der Waals surface area contributed by atoms with E-state index >= 15 is 0 Å². The second-order valence-corrected chi connectivity index (χ2v) is 10.5. The molecule has 2 aliphatic heterocycles. The second kappa shape index (κ2) is 8.81. The quantitative estimate of drug-likeness (QED) is 0.463. The zero-order chi connectivity index (χ0) is 24.7. The van der Waals surface area contributed by atoms with Gasteiger partial charge in [0.1, 0.15) is 27.5 Å². The largest absolute Gasteiger partial charge is 0.457 e. The Bertz CT molecular complexity index is 1290. The highest BCUT2D eigenvalue weighted by Gasteiger charge is 2.45. The molecule has 2 atom stereocenters. The molecule has 2 aliphatic rings. The number of carbonyl (C=O) groups is 2. The van der Waals surface area contributed by atoms with Crippen LogP contribution in [0, 0.1) is 6.92 Å². The van der Waals surface area contributed by atoms with E-state index in [1.807, 2.05) is 82.3 Å². The van der Waals surface area contributed by atoms with Gasteiger partial charge in [0, 0.05) is 11.8 Å². The molecule has 35 heavy (non-hydrogen) atoms. The van der Waals surface area contributed by atoms with Crippen molar-refractivity contribution < 1.29 is 19.1 Å². The standard InChI is InChI=1S/C26H26N4O4S/c1-15-14-17(33-16-8-6-5-7-9-16)10-11-18(15)30-19-12-13-27-22-20(19)21(28-24(30)31)23(35-22)29-25(32)34-26(2,3)4/h5-14,21,23H,1-4H3,(H,28,31)(H,29,32). The van der Waals surface area contributed by atoms with Crippen molar-refractivity contribution in [2.45, 2.75) is 49.7 Å². The first-order valence-electron chi connectivity index (χ1n) is 11.3. The van der Waals surface area contributed by atoms with E-state index in [0.29, 0.717) is 5.75 Å². The Kier molecular flexibility index (Phi) is 5.80. The molecule has 0 spiro atoms. The lowest BCUT2D eigenvalue weighted by Crippen LogP contribution is -2.50. The van der Waals surface area contributed by atoms with Gasteiger partial charge in [-0.05, 0) is 69.7 Å². The highest BCUT2D eigenvalue weighted by molar-refractivity contribution is 8.00. The summed E-state index contributed by atoms with van der Waals surface area (Å²) in [5.74, 6) is 1.43. The number of aromatic nitrogens is 1. The van der Waals surface area contributed by atoms with Crippen LogP contribution in [0.4, 0.5) is 21.0 Å². The first-order chi connectivity index (χ1) is 16.7. The van der Waals surface area contributed by atoms with Crippen LogP contribution in [0.15, 0.2) is 65.8 Å². The molecule has 180 valence electrons. The molecule has 2 unspecified atom stereocenters. The molecule has 3 heterocycles. The van der Waals surface area contributed by atoms with E-state index in [4.69, 9.17) is 9.47 Å². The fourth-order valence-corrected chi connectivity index (χ4v) is 5.38. The van der Waals surface area contributed by atoms with Crippen molar-refractivity contribution in [3.8, 4) is 11.5 Å². The van der Waals surface area contributed by atoms with Crippen molar-refractivity contribution in [1.82, 2.24) is 15.6 Å². The minimum absolute atomic E-state index is 0.280. The Morgan fingerprint density at radius 1 is 1.09 bits per heavy atom. The van der Waals surface area contributed by atoms with E-state index in [1.54, 1.807) is 11.1 Å². The van der Waals surface area contributed by atoms with Gasteiger partial charge in [0.25, 0.3) is 0 Å². The molecule has 2 N–H and O–H groups in total. The fourth-order valence-electron chi connectivity index (χ4n) is 4.16. The van der Waals surface area contributed by atoms with E-state index in [0.717, 1.165) is 33.3 Å². The third-order valence-electron chi connectivity index (χ3n) is 5.55. The van der Waals surface area contributed by atoms with Gasteiger partial charge in [-0.15, -0.1) is 0 Å². The molecule has 5 rings (SSSR count). The molecule has 0 fully saturated rings. The summed E-state index contributed by atoms with van der Waals surface area (Å²) >= 11 is 1.40. The second-order valence-electron chi connectivity index (χ2n) is 9.36. The topological polar surface area (TPSA) is 92.8 Å². The highest BCUT2D eigenvalue weighted by atomic mass is 32.2. The van der Waals surface area contributed by atoms with Crippen LogP contribution in [0.1, 0.15) is 37.9 Å². The maximum Gasteiger partial charge on any atom is 0.408 e. The Morgan fingerprint density at radius 2 is 1.86 bits per heavy atom. The van der Waals surface area contributed by atoms with Crippen molar-refractivity contribution in [3.05, 3.63) is 71.9 Å². The number of amides is 3. The van der Waals surface area contributed by atoms with E-state index in [-0.39, 0.29) is 6.03 Å². The molecule has 0 saturated carbocycles. The molecule has 2 aromatic carbocycles. The number of aryl methyl sites for hydroxylation is 1. The molecule has 1 aromatic heterocycles. The number of hydrogen-bond acceptors (Lipinski definition) is 6. The average molecular weight is 491 g/mol. The predicted octanol–water partition coefficient (Wildman–Crippen LogP) is 6.04. The van der Waals surface area contributed by atoms with Crippen molar-refractivity contribution in [1.29, 1.82) is 0 Å². The molecular weight excluding hydrogens is 464 g/mol. The fraction of sp³-hybridized carbons (Fsp3) is 0.269. The number of alkyl carbamates (subject to hydrolysis) is 1. The van der Waals surface area contributed by atoms with Gasteiger partial charge in [-0.25, -0.2) is 14.6 Å². The summed E-state index contributed by atoms with van der Waals surface area (Å²) in [6.07, 6.45) is 1.15. The summed E-state index contributed by atoms with van der Waals surface area (Å²) in [4.78, 5) is 31.9. The van der Waals surface area contributed by atoms with E-state index in [1.165, 1.54) is 11.8 Å². The van der Waals surface area contributed by atoms with Gasteiger partial charge in [0.2, 0.25) is 0 Å². The van der Waals surface area contributed by atoms with Crippen LogP contribution < -0.4 is 20.3 Å². The van der Waals surface area contributed by atoms with Crippen LogP contribution in [0.5, 0.6) is 11.5 Å². The number of carbonyl (C=O) groups excluding carboxylic acids is 2. The number of ether oxygens (including phenoxy) is 2. The molecule has 9 heteroatoms. The number of pyridine rings is 1. The van der Waals surface area contributed by atoms with Gasteiger partial charge in [0.15, 0.2) is 0 Å². The van der Waals surface area contributed by atoms with Crippen LogP contribution in [-0.2, 0) is 4.74 Å². The van der Waals surface area contributed by atoms with Crippen molar-refractivity contribution in [2.75, 3.05) is 4.90 Å². The van der Waals surface area contributed by atoms with Crippen LogP contribution in [0.3, 0.4) is 0 Å². The molecule has 0 radical (unpaired) electrons. The molecule has 8 nitrogen and oxygen atoms in total. The van der Waals surface area contributed by atoms with Crippen LogP contribution in [0.25, 0.3) is 0 Å². The molecule has 0 aliphatic carbocycles. The van der Waals surface area contributed by atoms with Crippen molar-refractivity contribution in [3.63, 3.8) is 0 Å². The molecule has 0 saturated heterocycles. The number of nitrogens with zero attached hydrogens (tertiary/aromatic N) is 2. The summed E-state index contributed by atoms with van der Waals surface area (Å²) in [5.41, 5.74) is 2.62. The van der Waals surface area contributed by atoms with Crippen LogP contribution in [-0.4, -0.2) is 28.1 Å². The van der Waals surface area contributed by atoms with Crippen LogP contribution in [0.2, 0.25) is 0 Å². The Morgan fingerprint density at radius 3 is 2.57 bits per heavy atom. The number of benzene rings is 2. The van der Waals surface area contributed by atoms with Gasteiger partial charge >= 0.3 is 12.1 Å². The summed E-state index contributed by atoms with van der Waals surface area (Å²) in [5, 5.41) is 6.26. The zero-order valence-electron chi connectivity index (χ0n) is 19.9. The Balaban J connectivity index is 1.42. The number of para-hydroxylation sites is 1. The van der Waals surface area contributed by atoms with Crippen LogP contribution >= 0.6 is 11.8 Å². The number of anilines is 2. The maximum atomic E-state index is 13.3. The molecule has 3 amide bonds. The minimum Gasteiger partial charge on any atom is -0.457 e. The monoisotopic (exact) mass is 490 g/mol. The van der Waals surface area contributed by atoms with Gasteiger partial charge in [-0.2, -0.15) is 0 Å². The van der Waals surface area contributed by atoms with Gasteiger partial charge in [0.05, 0.1) is 17.4 Å². The first-order valence-corrected chi connectivity index (χ1v) is 12.2. The number of rotatable bonds is 4. The lowest BCUT2D eigenvalue weighted by Gasteiger charge is -2.35. The summed E-state index contributed by atoms with van der Waals surface area (Å²) in [6, 6.07) is 16.3. The summed E-state index contributed by atoms with van der Waals surface area (Å²) in [6.45, 7) is 7.36. The Hall–Kier alpha value is -3.72. The lowest BCUT2D eigenvalue weighted by molar-refractivity contribution is 0.0515. The van der Waals surface area contributed by atoms with Gasteiger partial charge in [-0.1, -0.05) is 30.0 Å². The third-order valence-corrected chi connectivity index (χ3v) is 6.75. The van der Waals surface area contributed by atoms with E-state index in [9.17, 15) is 9.59 Å². The average Bonchev–Trinajstić information content (AvgIpc) is 3.12. The number of thioether (sulfide) groups is 1. The normalized spacial score (nSPS) is 18.5. The lowest BCUT2D eigenvalue weighted by atomic mass is 10.0. The summed E-state index contributed by atoms with van der Waals surface area (Å²) < 4.78 is 11.4. The van der Waals surface area contributed by atoms with Gasteiger partial charge in [-0.3, -0.25) is 4.90 Å². The third kappa shape index (κ3) is 4.64. The van der Waals surface area contributed by atoms with Gasteiger partial charge < -0.3 is 20.1 Å². The number of nitrogens with one attached hydrogen (secondary N) is 2. The van der Waals surface area contributed by atoms with E-state index < -0.39 is 23.1 Å². The molecule has 0 bridgehead atoms. The summed E-state index contributed by atoms with van der Waals surface area (Å²) in [7, 11) is 0. The Labute approximate surface area is 208 Å².